The number of nitrogens with zero attached hydrogens (tertiary/aromatic N) is 1. The molecule has 1 saturated carbocycles. The SMILES string of the molecule is CN1CCCc2cc(NCC3(c4ccccc4)CC3)ccc21. The van der Waals surface area contributed by atoms with Gasteiger partial charge in [-0.1, -0.05) is 30.3 Å². The Kier molecular flexibility index (Phi) is 3.33. The maximum atomic E-state index is 3.69. The highest BCUT2D eigenvalue weighted by Gasteiger charge is 2.43. The van der Waals surface area contributed by atoms with Crippen molar-refractivity contribution in [3.8, 4) is 0 Å². The van der Waals surface area contributed by atoms with E-state index in [0.29, 0.717) is 5.41 Å². The Labute approximate surface area is 133 Å². The first-order valence-corrected chi connectivity index (χ1v) is 8.40. The van der Waals surface area contributed by atoms with Crippen molar-refractivity contribution in [3.63, 3.8) is 0 Å². The van der Waals surface area contributed by atoms with Crippen LogP contribution in [0.2, 0.25) is 0 Å². The molecule has 2 aromatic rings. The van der Waals surface area contributed by atoms with Gasteiger partial charge in [0.1, 0.15) is 0 Å². The zero-order chi connectivity index (χ0) is 15.0. The zero-order valence-electron chi connectivity index (χ0n) is 13.3. The van der Waals surface area contributed by atoms with Gasteiger partial charge in [0.2, 0.25) is 0 Å². The summed E-state index contributed by atoms with van der Waals surface area (Å²) in [4.78, 5) is 2.37. The summed E-state index contributed by atoms with van der Waals surface area (Å²) in [5.74, 6) is 0. The van der Waals surface area contributed by atoms with Gasteiger partial charge in [-0.2, -0.15) is 0 Å². The molecule has 0 amide bonds. The summed E-state index contributed by atoms with van der Waals surface area (Å²) >= 11 is 0. The predicted octanol–water partition coefficient (Wildman–Crippen LogP) is 4.21. The van der Waals surface area contributed by atoms with Crippen molar-refractivity contribution < 1.29 is 0 Å². The minimum atomic E-state index is 0.369. The number of rotatable bonds is 4. The molecule has 0 atom stereocenters. The Balaban J connectivity index is 1.49. The van der Waals surface area contributed by atoms with E-state index >= 15 is 0 Å². The minimum absolute atomic E-state index is 0.369. The van der Waals surface area contributed by atoms with Crippen LogP contribution in [0.5, 0.6) is 0 Å². The van der Waals surface area contributed by atoms with E-state index in [2.05, 4.69) is 65.8 Å². The molecular formula is C20H24N2. The van der Waals surface area contributed by atoms with Gasteiger partial charge in [-0.15, -0.1) is 0 Å². The highest BCUT2D eigenvalue weighted by molar-refractivity contribution is 5.62. The largest absolute Gasteiger partial charge is 0.384 e. The second kappa shape index (κ2) is 5.35. The maximum absolute atomic E-state index is 3.69. The molecule has 2 nitrogen and oxygen atoms in total. The number of hydrogen-bond acceptors (Lipinski definition) is 2. The normalized spacial score (nSPS) is 18.7. The highest BCUT2D eigenvalue weighted by atomic mass is 15.1. The number of aryl methyl sites for hydroxylation is 1. The van der Waals surface area contributed by atoms with Gasteiger partial charge >= 0.3 is 0 Å². The van der Waals surface area contributed by atoms with E-state index in [9.17, 15) is 0 Å². The van der Waals surface area contributed by atoms with Gasteiger partial charge in [-0.3, -0.25) is 0 Å². The molecule has 4 rings (SSSR count). The lowest BCUT2D eigenvalue weighted by Gasteiger charge is -2.28. The van der Waals surface area contributed by atoms with Gasteiger partial charge in [0.15, 0.2) is 0 Å². The van der Waals surface area contributed by atoms with Crippen LogP contribution in [0.15, 0.2) is 48.5 Å². The smallest absolute Gasteiger partial charge is 0.0397 e. The molecule has 1 heterocycles. The molecule has 0 saturated heterocycles. The van der Waals surface area contributed by atoms with Crippen molar-refractivity contribution in [2.24, 2.45) is 0 Å². The number of nitrogens with one attached hydrogen (secondary N) is 1. The van der Waals surface area contributed by atoms with Crippen LogP contribution in [0.3, 0.4) is 0 Å². The second-order valence-corrected chi connectivity index (χ2v) is 6.87. The van der Waals surface area contributed by atoms with Crippen molar-refractivity contribution >= 4 is 11.4 Å². The summed E-state index contributed by atoms with van der Waals surface area (Å²) < 4.78 is 0. The lowest BCUT2D eigenvalue weighted by molar-refractivity contribution is 0.730. The summed E-state index contributed by atoms with van der Waals surface area (Å²) in [5.41, 5.74) is 6.02. The van der Waals surface area contributed by atoms with E-state index in [-0.39, 0.29) is 0 Å². The molecular weight excluding hydrogens is 268 g/mol. The second-order valence-electron chi connectivity index (χ2n) is 6.87. The van der Waals surface area contributed by atoms with E-state index < -0.39 is 0 Å². The molecule has 0 aromatic heterocycles. The lowest BCUT2D eigenvalue weighted by atomic mass is 9.95. The summed E-state index contributed by atoms with van der Waals surface area (Å²) in [7, 11) is 2.19. The van der Waals surface area contributed by atoms with Crippen LogP contribution in [0.25, 0.3) is 0 Å². The van der Waals surface area contributed by atoms with Gasteiger partial charge in [0.25, 0.3) is 0 Å². The van der Waals surface area contributed by atoms with Crippen LogP contribution in [0.1, 0.15) is 30.4 Å². The minimum Gasteiger partial charge on any atom is -0.384 e. The Morgan fingerprint density at radius 1 is 1.09 bits per heavy atom. The predicted molar refractivity (Wildman–Crippen MR) is 93.9 cm³/mol. The van der Waals surface area contributed by atoms with E-state index in [1.165, 1.54) is 54.7 Å². The van der Waals surface area contributed by atoms with E-state index in [4.69, 9.17) is 0 Å². The molecule has 1 N–H and O–H groups in total. The van der Waals surface area contributed by atoms with Crippen molar-refractivity contribution in [1.82, 2.24) is 0 Å². The number of anilines is 2. The van der Waals surface area contributed by atoms with Crippen LogP contribution >= 0.6 is 0 Å². The molecule has 114 valence electrons. The maximum Gasteiger partial charge on any atom is 0.0397 e. The average Bonchev–Trinajstić information content (AvgIpc) is 3.35. The van der Waals surface area contributed by atoms with E-state index in [1.807, 2.05) is 0 Å². The molecule has 0 bridgehead atoms. The summed E-state index contributed by atoms with van der Waals surface area (Å²) in [5, 5.41) is 3.69. The zero-order valence-corrected chi connectivity index (χ0v) is 13.3. The van der Waals surface area contributed by atoms with Gasteiger partial charge in [0, 0.05) is 36.9 Å². The quantitative estimate of drug-likeness (QED) is 0.908. The first-order chi connectivity index (χ1) is 10.8. The molecule has 0 unspecified atom stereocenters. The monoisotopic (exact) mass is 292 g/mol. The third-order valence-corrected chi connectivity index (χ3v) is 5.30. The van der Waals surface area contributed by atoms with Crippen LogP contribution in [-0.4, -0.2) is 20.1 Å². The number of fused-ring (bicyclic) bond motifs is 1. The summed E-state index contributed by atoms with van der Waals surface area (Å²) in [6.07, 6.45) is 5.08. The fourth-order valence-electron chi connectivity index (χ4n) is 3.68. The van der Waals surface area contributed by atoms with Crippen molar-refractivity contribution in [2.75, 3.05) is 30.4 Å². The molecule has 2 aromatic carbocycles. The fourth-order valence-corrected chi connectivity index (χ4v) is 3.68. The molecule has 1 aliphatic heterocycles. The van der Waals surface area contributed by atoms with Gasteiger partial charge in [-0.05, 0) is 55.0 Å². The average molecular weight is 292 g/mol. The summed E-state index contributed by atoms with van der Waals surface area (Å²) in [6.45, 7) is 2.22. The van der Waals surface area contributed by atoms with Crippen LogP contribution in [0, 0.1) is 0 Å². The number of hydrogen-bond donors (Lipinski definition) is 1. The molecule has 1 aliphatic carbocycles. The van der Waals surface area contributed by atoms with Crippen LogP contribution in [0.4, 0.5) is 11.4 Å². The van der Waals surface area contributed by atoms with E-state index in [1.54, 1.807) is 0 Å². The third kappa shape index (κ3) is 2.47. The molecule has 1 fully saturated rings. The van der Waals surface area contributed by atoms with Gasteiger partial charge in [-0.25, -0.2) is 0 Å². The Bertz CT molecular complexity index is 659. The lowest BCUT2D eigenvalue weighted by Crippen LogP contribution is -2.25. The van der Waals surface area contributed by atoms with Gasteiger partial charge in [0.05, 0.1) is 0 Å². The number of benzene rings is 2. The van der Waals surface area contributed by atoms with Crippen molar-refractivity contribution in [1.29, 1.82) is 0 Å². The Hall–Kier alpha value is -1.96. The standard InChI is InChI=1S/C20H24N2/c1-22-13-5-6-16-14-18(9-10-19(16)22)21-15-20(11-12-20)17-7-3-2-4-8-17/h2-4,7-10,14,21H,5-6,11-13,15H2,1H3. The Morgan fingerprint density at radius 3 is 2.68 bits per heavy atom. The first-order valence-electron chi connectivity index (χ1n) is 8.40. The topological polar surface area (TPSA) is 15.3 Å². The van der Waals surface area contributed by atoms with Crippen LogP contribution in [-0.2, 0) is 11.8 Å². The highest BCUT2D eigenvalue weighted by Crippen LogP contribution is 2.48. The van der Waals surface area contributed by atoms with Crippen molar-refractivity contribution in [3.05, 3.63) is 59.7 Å². The molecule has 0 spiro atoms. The molecule has 2 heteroatoms. The van der Waals surface area contributed by atoms with Crippen LogP contribution < -0.4 is 10.2 Å². The Morgan fingerprint density at radius 2 is 1.91 bits per heavy atom. The third-order valence-electron chi connectivity index (χ3n) is 5.30. The first kappa shape index (κ1) is 13.7. The van der Waals surface area contributed by atoms with Gasteiger partial charge < -0.3 is 10.2 Å². The van der Waals surface area contributed by atoms with E-state index in [0.717, 1.165) is 6.54 Å². The molecule has 0 radical (unpaired) electrons. The summed E-state index contributed by atoms with van der Waals surface area (Å²) in [6, 6.07) is 17.8. The fraction of sp³-hybridized carbons (Fsp3) is 0.400. The van der Waals surface area contributed by atoms with Crippen molar-refractivity contribution in [2.45, 2.75) is 31.1 Å². The molecule has 2 aliphatic rings. The molecule has 22 heavy (non-hydrogen) atoms.